The fourth-order valence-electron chi connectivity index (χ4n) is 14.6. The molecule has 5 aliphatic carbocycles. The Hall–Kier alpha value is -11.0. The second kappa shape index (κ2) is 27.6. The lowest BCUT2D eigenvalue weighted by atomic mass is 9.69. The summed E-state index contributed by atoms with van der Waals surface area (Å²) in [6, 6.07) is 93.7. The first-order valence-corrected chi connectivity index (χ1v) is 34.2. The van der Waals surface area contributed by atoms with Crippen LogP contribution in [0.2, 0.25) is 0 Å². The second-order valence-corrected chi connectivity index (χ2v) is 28.9. The van der Waals surface area contributed by atoms with Crippen LogP contribution in [0.5, 0.6) is 23.0 Å². The molecule has 0 fully saturated rings. The van der Waals surface area contributed by atoms with Crippen LogP contribution in [0.3, 0.4) is 0 Å². The number of hydrogen-bond donors (Lipinski definition) is 0. The molecule has 0 N–H and O–H groups in total. The minimum absolute atomic E-state index is 0.144. The summed E-state index contributed by atoms with van der Waals surface area (Å²) in [7, 11) is 3.40. The Bertz CT molecular complexity index is 4720. The van der Waals surface area contributed by atoms with Crippen LogP contribution in [-0.4, -0.2) is 14.2 Å². The van der Waals surface area contributed by atoms with E-state index in [0.717, 1.165) is 72.6 Å². The molecule has 0 amide bonds. The van der Waals surface area contributed by atoms with Gasteiger partial charge in [0.15, 0.2) is 0 Å². The molecule has 0 bridgehead atoms. The highest BCUT2D eigenvalue weighted by atomic mass is 16.5. The van der Waals surface area contributed by atoms with Crippen LogP contribution in [0.15, 0.2) is 255 Å². The molecule has 5 heteroatoms. The molecule has 0 saturated heterocycles. The number of para-hydroxylation sites is 2. The lowest BCUT2D eigenvalue weighted by molar-refractivity contribution is 0.414. The number of benzene rings is 12. The lowest BCUT2D eigenvalue weighted by Gasteiger charge is -2.35. The third kappa shape index (κ3) is 13.7. The third-order valence-electron chi connectivity index (χ3n) is 20.1. The van der Waals surface area contributed by atoms with E-state index in [1.165, 1.54) is 122 Å². The molecule has 484 valence electrons. The van der Waals surface area contributed by atoms with Gasteiger partial charge in [-0.2, -0.15) is 10.5 Å². The highest BCUT2D eigenvalue weighted by molar-refractivity contribution is 5.81. The van der Waals surface area contributed by atoms with E-state index in [4.69, 9.17) is 24.7 Å². The van der Waals surface area contributed by atoms with Crippen molar-refractivity contribution in [1.82, 2.24) is 0 Å². The first-order valence-electron chi connectivity index (χ1n) is 34.2. The molecule has 0 saturated carbocycles. The van der Waals surface area contributed by atoms with Crippen molar-refractivity contribution in [3.8, 4) is 79.6 Å². The molecule has 0 atom stereocenters. The average Bonchev–Trinajstić information content (AvgIpc) is 1.04. The summed E-state index contributed by atoms with van der Waals surface area (Å²) in [6.07, 6.45) is 6.13. The van der Waals surface area contributed by atoms with Crippen molar-refractivity contribution in [3.63, 3.8) is 0 Å². The van der Waals surface area contributed by atoms with Crippen LogP contribution < -0.4 is 14.2 Å². The summed E-state index contributed by atoms with van der Waals surface area (Å²) in [5.74, 6) is 3.79. The fourth-order valence-corrected chi connectivity index (χ4v) is 14.6. The van der Waals surface area contributed by atoms with E-state index in [0.29, 0.717) is 11.1 Å². The maximum atomic E-state index is 8.92. The lowest BCUT2D eigenvalue weighted by Crippen LogP contribution is -2.26. The third-order valence-corrected chi connectivity index (χ3v) is 20.1. The Kier molecular flexibility index (Phi) is 18.5. The molecule has 18 rings (SSSR count). The highest BCUT2D eigenvalue weighted by Crippen LogP contribution is 2.45. The monoisotopic (exact) mass is 1280 g/mol. The SMILES string of the molecule is CC(C)(C)c1ccc2c(c1)-c1cc(C(C)(C)C)ccc1C2.CC1(C)c2ccccc2Cc2ccccc21.COc1ccc2c(c1)-c1cc(OC)ccc1C2.N#Cc1ccc2c(c1)-c1cc(C#N)ccc1C2.c1ccc2c(c1)Cc1ccccc1-2.c1ccc2c(c1)Cc1ccccc1O2. The Morgan fingerprint density at radius 3 is 0.969 bits per heavy atom. The minimum atomic E-state index is 0.144. The molecule has 0 aromatic heterocycles. The maximum Gasteiger partial charge on any atom is 0.130 e. The predicted octanol–water partition coefficient (Wildman–Crippen LogP) is 22.7. The van der Waals surface area contributed by atoms with Crippen molar-refractivity contribution in [3.05, 3.63) is 355 Å². The van der Waals surface area contributed by atoms with Gasteiger partial charge in [0, 0.05) is 11.8 Å². The molecule has 12 aromatic carbocycles. The molecule has 98 heavy (non-hydrogen) atoms. The van der Waals surface area contributed by atoms with Gasteiger partial charge >= 0.3 is 0 Å². The number of nitrogens with zero attached hydrogens (tertiary/aromatic N) is 2. The van der Waals surface area contributed by atoms with Gasteiger partial charge in [-0.05, 0) is 237 Å². The quantitative estimate of drug-likeness (QED) is 0.172. The average molecular weight is 1280 g/mol. The largest absolute Gasteiger partial charge is 0.497 e. The highest BCUT2D eigenvalue weighted by Gasteiger charge is 2.32. The smallest absolute Gasteiger partial charge is 0.130 e. The standard InChI is InChI=1S/C21H26.C16H16.C15H8N2.C15H14O2.C13H10O.C13H10/c1-20(2,3)16-9-7-14-11-15-8-10-17(21(4,5)6)13-19(15)18(14)12-16;1-16(2)14-9-5-3-7-12(14)11-13-8-4-6-10-15(13)16;16-8-10-1-3-12-7-13-4-2-11(9-17)6-15(13)14(12)5-10;1-16-12-5-3-10-7-11-4-6-13(17-2)9-15(11)14(10)8-12;1-3-7-12-10(5-1)9-11-6-2-4-8-13(11)14-12;1-3-7-12-10(5-1)9-11-6-2-4-8-13(11)12/h7-10,12-13H,11H2,1-6H3;3-10H,11H2,1-2H3;1-6H,7H2;3-6,8-9H,7H2,1-2H3;1-8H,9H2;1-8H,9H2. The van der Waals surface area contributed by atoms with Gasteiger partial charge in [-0.1, -0.05) is 250 Å². The zero-order valence-electron chi connectivity index (χ0n) is 58.1. The Balaban J connectivity index is 0.000000106. The minimum Gasteiger partial charge on any atom is -0.497 e. The van der Waals surface area contributed by atoms with E-state index < -0.39 is 0 Å². The van der Waals surface area contributed by atoms with Gasteiger partial charge in [0.2, 0.25) is 0 Å². The topological polar surface area (TPSA) is 75.3 Å². The number of methoxy groups -OCH3 is 2. The van der Waals surface area contributed by atoms with Crippen molar-refractivity contribution in [1.29, 1.82) is 10.5 Å². The van der Waals surface area contributed by atoms with Gasteiger partial charge in [-0.15, -0.1) is 0 Å². The molecule has 0 radical (unpaired) electrons. The molecular formula is C93H84N2O3. The van der Waals surface area contributed by atoms with Crippen LogP contribution in [0.25, 0.3) is 44.5 Å². The van der Waals surface area contributed by atoms with Crippen molar-refractivity contribution in [2.24, 2.45) is 0 Å². The summed E-state index contributed by atoms with van der Waals surface area (Å²) in [6.45, 7) is 18.4. The van der Waals surface area contributed by atoms with Crippen molar-refractivity contribution in [2.45, 2.75) is 110 Å². The number of ether oxygens (including phenoxy) is 3. The van der Waals surface area contributed by atoms with E-state index in [-0.39, 0.29) is 16.2 Å². The van der Waals surface area contributed by atoms with Gasteiger partial charge in [-0.3, -0.25) is 0 Å². The first-order chi connectivity index (χ1) is 47.4. The van der Waals surface area contributed by atoms with Gasteiger partial charge in [-0.25, -0.2) is 0 Å². The summed E-state index contributed by atoms with van der Waals surface area (Å²) in [5, 5.41) is 17.8. The molecule has 1 aliphatic heterocycles. The zero-order chi connectivity index (χ0) is 68.3. The predicted molar refractivity (Wildman–Crippen MR) is 402 cm³/mol. The van der Waals surface area contributed by atoms with Crippen molar-refractivity contribution in [2.75, 3.05) is 14.2 Å². The molecule has 0 spiro atoms. The molecule has 6 aliphatic rings. The zero-order valence-corrected chi connectivity index (χ0v) is 58.1. The normalized spacial score (nSPS) is 13.1. The van der Waals surface area contributed by atoms with Crippen LogP contribution in [0, 0.1) is 22.7 Å². The van der Waals surface area contributed by atoms with E-state index in [2.05, 4.69) is 250 Å². The molecule has 5 nitrogen and oxygen atoms in total. The number of hydrogen-bond acceptors (Lipinski definition) is 5. The maximum absolute atomic E-state index is 8.92. The van der Waals surface area contributed by atoms with Crippen LogP contribution in [-0.2, 0) is 54.8 Å². The number of rotatable bonds is 2. The van der Waals surface area contributed by atoms with Crippen LogP contribution >= 0.6 is 0 Å². The van der Waals surface area contributed by atoms with E-state index in [1.54, 1.807) is 14.2 Å². The Morgan fingerprint density at radius 1 is 0.306 bits per heavy atom. The number of fused-ring (bicyclic) bond motifs is 16. The summed E-state index contributed by atoms with van der Waals surface area (Å²) in [4.78, 5) is 0. The number of nitriles is 2. The molecular weight excluding hydrogens is 1190 g/mol. The van der Waals surface area contributed by atoms with Gasteiger partial charge in [0.1, 0.15) is 23.0 Å². The Morgan fingerprint density at radius 2 is 0.592 bits per heavy atom. The Labute approximate surface area is 580 Å². The van der Waals surface area contributed by atoms with Gasteiger partial charge in [0.25, 0.3) is 0 Å². The fraction of sp³-hybridized carbons (Fsp3) is 0.204. The van der Waals surface area contributed by atoms with Crippen LogP contribution in [0.4, 0.5) is 0 Å². The van der Waals surface area contributed by atoms with Crippen molar-refractivity contribution < 1.29 is 14.2 Å². The first kappa shape index (κ1) is 65.7. The second-order valence-electron chi connectivity index (χ2n) is 28.9. The summed E-state index contributed by atoms with van der Waals surface area (Å²) >= 11 is 0. The summed E-state index contributed by atoms with van der Waals surface area (Å²) < 4.78 is 16.3. The van der Waals surface area contributed by atoms with E-state index >= 15 is 0 Å². The van der Waals surface area contributed by atoms with Gasteiger partial charge in [0.05, 0.1) is 37.5 Å². The molecule has 12 aromatic rings. The van der Waals surface area contributed by atoms with E-state index in [1.807, 2.05) is 72.8 Å². The van der Waals surface area contributed by atoms with Crippen molar-refractivity contribution >= 4 is 0 Å². The summed E-state index contributed by atoms with van der Waals surface area (Å²) in [5.41, 5.74) is 34.7. The molecule has 0 unspecified atom stereocenters. The van der Waals surface area contributed by atoms with E-state index in [9.17, 15) is 0 Å². The van der Waals surface area contributed by atoms with Gasteiger partial charge < -0.3 is 14.2 Å². The molecule has 1 heterocycles. The van der Waals surface area contributed by atoms with Crippen LogP contribution in [0.1, 0.15) is 156 Å².